The molecule has 1 amide bonds. The van der Waals surface area contributed by atoms with Crippen LogP contribution in [0.15, 0.2) is 27.6 Å². The summed E-state index contributed by atoms with van der Waals surface area (Å²) in [6.45, 7) is 4.38. The van der Waals surface area contributed by atoms with Gasteiger partial charge in [-0.3, -0.25) is 4.79 Å². The van der Waals surface area contributed by atoms with Crippen LogP contribution in [-0.2, 0) is 0 Å². The summed E-state index contributed by atoms with van der Waals surface area (Å²) in [7, 11) is 0. The Balaban J connectivity index is 2.16. The van der Waals surface area contributed by atoms with E-state index in [2.05, 4.69) is 5.32 Å². The van der Waals surface area contributed by atoms with Crippen LogP contribution in [0.1, 0.15) is 23.7 Å². The van der Waals surface area contributed by atoms with Crippen LogP contribution >= 0.6 is 0 Å². The summed E-state index contributed by atoms with van der Waals surface area (Å²) in [5, 5.41) is 3.24. The monoisotopic (exact) mass is 236 g/mol. The van der Waals surface area contributed by atoms with Crippen molar-refractivity contribution < 1.29 is 9.21 Å². The maximum atomic E-state index is 12.2. The van der Waals surface area contributed by atoms with E-state index >= 15 is 0 Å². The van der Waals surface area contributed by atoms with Gasteiger partial charge in [0.15, 0.2) is 0 Å². The van der Waals surface area contributed by atoms with Gasteiger partial charge in [-0.15, -0.1) is 0 Å². The van der Waals surface area contributed by atoms with E-state index in [4.69, 9.17) is 4.42 Å². The molecule has 5 nitrogen and oxygen atoms in total. The standard InChI is InChI=1S/C12H16N2O3/c1-2-14(10-5-6-13-7-10)12(16)9-3-4-11(15)17-8-9/h3-4,8,10,13H,2,5-7H2,1H3. The Morgan fingerprint density at radius 3 is 2.94 bits per heavy atom. The van der Waals surface area contributed by atoms with Crippen LogP contribution in [0.5, 0.6) is 0 Å². The smallest absolute Gasteiger partial charge is 0.335 e. The summed E-state index contributed by atoms with van der Waals surface area (Å²) in [5.74, 6) is -0.0787. The quantitative estimate of drug-likeness (QED) is 0.828. The Labute approximate surface area is 99.4 Å². The lowest BCUT2D eigenvalue weighted by molar-refractivity contribution is 0.0701. The van der Waals surface area contributed by atoms with Crippen molar-refractivity contribution in [2.24, 2.45) is 0 Å². The van der Waals surface area contributed by atoms with Crippen LogP contribution < -0.4 is 10.9 Å². The summed E-state index contributed by atoms with van der Waals surface area (Å²) >= 11 is 0. The minimum atomic E-state index is -0.438. The number of hydrogen-bond donors (Lipinski definition) is 1. The van der Waals surface area contributed by atoms with Gasteiger partial charge in [-0.2, -0.15) is 0 Å². The lowest BCUT2D eigenvalue weighted by atomic mass is 10.2. The van der Waals surface area contributed by atoms with Crippen molar-refractivity contribution in [2.75, 3.05) is 19.6 Å². The van der Waals surface area contributed by atoms with E-state index in [1.54, 1.807) is 0 Å². The van der Waals surface area contributed by atoms with Crippen LogP contribution in [0.2, 0.25) is 0 Å². The molecule has 1 fully saturated rings. The van der Waals surface area contributed by atoms with Crippen molar-refractivity contribution in [1.29, 1.82) is 0 Å². The third-order valence-corrected chi connectivity index (χ3v) is 3.02. The molecular formula is C12H16N2O3. The molecule has 0 aliphatic carbocycles. The molecule has 1 N–H and O–H groups in total. The summed E-state index contributed by atoms with van der Waals surface area (Å²) in [5.41, 5.74) is -0.00881. The number of carbonyl (C=O) groups is 1. The fourth-order valence-corrected chi connectivity index (χ4v) is 2.12. The number of nitrogens with one attached hydrogen (secondary N) is 1. The van der Waals surface area contributed by atoms with Crippen LogP contribution in [0.3, 0.4) is 0 Å². The Hall–Kier alpha value is -1.62. The normalized spacial score (nSPS) is 19.2. The van der Waals surface area contributed by atoms with Gasteiger partial charge in [-0.05, 0) is 26.0 Å². The predicted octanol–water partition coefficient (Wildman–Crippen LogP) is 0.464. The number of amides is 1. The molecule has 1 aromatic heterocycles. The molecule has 0 saturated carbocycles. The first-order valence-corrected chi connectivity index (χ1v) is 5.83. The molecule has 1 aliphatic heterocycles. The Kier molecular flexibility index (Phi) is 3.58. The summed E-state index contributed by atoms with van der Waals surface area (Å²) < 4.78 is 4.72. The highest BCUT2D eigenvalue weighted by Crippen LogP contribution is 2.12. The molecule has 0 radical (unpaired) electrons. The molecule has 2 rings (SSSR count). The predicted molar refractivity (Wildman–Crippen MR) is 63.0 cm³/mol. The van der Waals surface area contributed by atoms with Gasteiger partial charge in [-0.1, -0.05) is 0 Å². The molecule has 0 aromatic carbocycles. The van der Waals surface area contributed by atoms with E-state index in [-0.39, 0.29) is 11.9 Å². The van der Waals surface area contributed by atoms with Crippen molar-refractivity contribution in [3.63, 3.8) is 0 Å². The highest BCUT2D eigenvalue weighted by atomic mass is 16.4. The third-order valence-electron chi connectivity index (χ3n) is 3.02. The Morgan fingerprint density at radius 1 is 1.59 bits per heavy atom. The topological polar surface area (TPSA) is 62.6 Å². The number of nitrogens with zero attached hydrogens (tertiary/aromatic N) is 1. The van der Waals surface area contributed by atoms with Gasteiger partial charge in [0, 0.05) is 25.2 Å². The van der Waals surface area contributed by atoms with Gasteiger partial charge >= 0.3 is 5.63 Å². The van der Waals surface area contributed by atoms with E-state index in [1.807, 2.05) is 11.8 Å². The third kappa shape index (κ3) is 2.55. The van der Waals surface area contributed by atoms with E-state index in [0.717, 1.165) is 19.5 Å². The van der Waals surface area contributed by atoms with Gasteiger partial charge in [0.25, 0.3) is 5.91 Å². The number of likely N-dealkylation sites (N-methyl/N-ethyl adjacent to an activating group) is 1. The highest BCUT2D eigenvalue weighted by Gasteiger charge is 2.26. The molecule has 0 spiro atoms. The molecule has 2 heterocycles. The van der Waals surface area contributed by atoms with Gasteiger partial charge in [-0.25, -0.2) is 4.79 Å². The Morgan fingerprint density at radius 2 is 2.41 bits per heavy atom. The lowest BCUT2D eigenvalue weighted by Gasteiger charge is -2.26. The first kappa shape index (κ1) is 11.9. The average molecular weight is 236 g/mol. The van der Waals surface area contributed by atoms with Crippen LogP contribution in [-0.4, -0.2) is 36.5 Å². The zero-order chi connectivity index (χ0) is 12.3. The van der Waals surface area contributed by atoms with E-state index in [0.29, 0.717) is 12.1 Å². The largest absolute Gasteiger partial charge is 0.430 e. The zero-order valence-electron chi connectivity index (χ0n) is 9.81. The first-order chi connectivity index (χ1) is 8.22. The van der Waals surface area contributed by atoms with Gasteiger partial charge in [0.1, 0.15) is 6.26 Å². The summed E-state index contributed by atoms with van der Waals surface area (Å²) in [6, 6.07) is 3.02. The SMILES string of the molecule is CCN(C(=O)c1ccc(=O)oc1)C1CCNC1. The molecule has 5 heteroatoms. The maximum absolute atomic E-state index is 12.2. The summed E-state index contributed by atoms with van der Waals surface area (Å²) in [4.78, 5) is 24.9. The van der Waals surface area contributed by atoms with Crippen molar-refractivity contribution in [1.82, 2.24) is 10.2 Å². The van der Waals surface area contributed by atoms with Crippen LogP contribution in [0.4, 0.5) is 0 Å². The first-order valence-electron chi connectivity index (χ1n) is 5.83. The second-order valence-corrected chi connectivity index (χ2v) is 4.08. The number of carbonyl (C=O) groups excluding carboxylic acids is 1. The number of rotatable bonds is 3. The van der Waals surface area contributed by atoms with Crippen molar-refractivity contribution in [3.8, 4) is 0 Å². The maximum Gasteiger partial charge on any atom is 0.335 e. The van der Waals surface area contributed by atoms with E-state index < -0.39 is 5.63 Å². The molecule has 1 unspecified atom stereocenters. The fraction of sp³-hybridized carbons (Fsp3) is 0.500. The van der Waals surface area contributed by atoms with Crippen LogP contribution in [0, 0.1) is 0 Å². The molecule has 92 valence electrons. The molecule has 1 atom stereocenters. The molecule has 1 aromatic rings. The van der Waals surface area contributed by atoms with Gasteiger partial charge < -0.3 is 14.6 Å². The Bertz CT molecular complexity index is 429. The second kappa shape index (κ2) is 5.14. The van der Waals surface area contributed by atoms with E-state index in [9.17, 15) is 9.59 Å². The summed E-state index contributed by atoms with van der Waals surface area (Å²) in [6.07, 6.45) is 2.20. The molecule has 17 heavy (non-hydrogen) atoms. The zero-order valence-corrected chi connectivity index (χ0v) is 9.81. The average Bonchev–Trinajstić information content (AvgIpc) is 2.84. The van der Waals surface area contributed by atoms with Crippen molar-refractivity contribution in [2.45, 2.75) is 19.4 Å². The number of hydrogen-bond acceptors (Lipinski definition) is 4. The van der Waals surface area contributed by atoms with Crippen molar-refractivity contribution >= 4 is 5.91 Å². The second-order valence-electron chi connectivity index (χ2n) is 4.08. The molecular weight excluding hydrogens is 220 g/mol. The minimum absolute atomic E-state index is 0.0787. The minimum Gasteiger partial charge on any atom is -0.430 e. The molecule has 1 saturated heterocycles. The van der Waals surface area contributed by atoms with Crippen LogP contribution in [0.25, 0.3) is 0 Å². The molecule has 0 bridgehead atoms. The lowest BCUT2D eigenvalue weighted by Crippen LogP contribution is -2.41. The highest BCUT2D eigenvalue weighted by molar-refractivity contribution is 5.94. The van der Waals surface area contributed by atoms with E-state index in [1.165, 1.54) is 18.4 Å². The van der Waals surface area contributed by atoms with Gasteiger partial charge in [0.05, 0.1) is 5.56 Å². The fourth-order valence-electron chi connectivity index (χ4n) is 2.12. The van der Waals surface area contributed by atoms with Crippen molar-refractivity contribution in [3.05, 3.63) is 34.4 Å². The molecule has 1 aliphatic rings. The van der Waals surface area contributed by atoms with Gasteiger partial charge in [0.2, 0.25) is 0 Å².